The number of amides is 3. The van der Waals surface area contributed by atoms with Crippen LogP contribution >= 0.6 is 12.6 Å². The van der Waals surface area contributed by atoms with E-state index in [-0.39, 0.29) is 12.2 Å². The van der Waals surface area contributed by atoms with Crippen molar-refractivity contribution in [2.45, 2.75) is 49.9 Å². The summed E-state index contributed by atoms with van der Waals surface area (Å²) in [4.78, 5) is 59.0. The summed E-state index contributed by atoms with van der Waals surface area (Å²) in [6.45, 7) is -0.398. The van der Waals surface area contributed by atoms with E-state index < -0.39 is 66.9 Å². The van der Waals surface area contributed by atoms with Gasteiger partial charge in [-0.1, -0.05) is 0 Å². The Hall–Kier alpha value is -2.42. The van der Waals surface area contributed by atoms with Gasteiger partial charge in [-0.05, 0) is 25.8 Å². The van der Waals surface area contributed by atoms with Crippen LogP contribution in [0.25, 0.3) is 0 Å². The maximum Gasteiger partial charge on any atom is 0.327 e. The molecule has 0 spiro atoms. The van der Waals surface area contributed by atoms with Crippen LogP contribution in [-0.4, -0.2) is 88.1 Å². The molecular weight excluding hydrogens is 422 g/mol. The van der Waals surface area contributed by atoms with Gasteiger partial charge in [-0.2, -0.15) is 12.6 Å². The largest absolute Gasteiger partial charge is 0.481 e. The molecule has 4 unspecified atom stereocenters. The summed E-state index contributed by atoms with van der Waals surface area (Å²) < 4.78 is 0. The van der Waals surface area contributed by atoms with Crippen molar-refractivity contribution in [1.29, 1.82) is 0 Å². The molecule has 0 heterocycles. The third-order valence-corrected chi connectivity index (χ3v) is 4.29. The number of carbonyl (C=O) groups excluding carboxylic acids is 3. The first-order valence-electron chi connectivity index (χ1n) is 9.10. The molecule has 14 heteroatoms. The zero-order chi connectivity index (χ0) is 23.3. The summed E-state index contributed by atoms with van der Waals surface area (Å²) in [7, 11) is 0. The standard InChI is InChI=1S/C16H29N5O8S/c17-4-2-1-3-9(14(26)21-11(7-30)16(28)29)19-15(27)10(5-12(23)24)20-13(25)8(18)6-22/h8-11,22,30H,1-7,17-18H2,(H,19,27)(H,20,25)(H,21,26)(H,23,24)(H,28,29). The number of rotatable bonds is 15. The van der Waals surface area contributed by atoms with Crippen LogP contribution in [0.4, 0.5) is 0 Å². The number of aliphatic carboxylic acids is 2. The van der Waals surface area contributed by atoms with Gasteiger partial charge in [0, 0.05) is 5.75 Å². The van der Waals surface area contributed by atoms with E-state index in [1.54, 1.807) is 0 Å². The average Bonchev–Trinajstić information content (AvgIpc) is 2.69. The van der Waals surface area contributed by atoms with E-state index in [9.17, 15) is 24.0 Å². The number of carboxylic acid groups (broad SMARTS) is 2. The smallest absolute Gasteiger partial charge is 0.327 e. The molecule has 30 heavy (non-hydrogen) atoms. The summed E-state index contributed by atoms with van der Waals surface area (Å²) in [6, 6.07) is -5.45. The van der Waals surface area contributed by atoms with Crippen LogP contribution < -0.4 is 27.4 Å². The van der Waals surface area contributed by atoms with Crippen molar-refractivity contribution in [3.8, 4) is 0 Å². The first kappa shape index (κ1) is 27.6. The fourth-order valence-electron chi connectivity index (χ4n) is 2.24. The van der Waals surface area contributed by atoms with Gasteiger partial charge in [-0.25, -0.2) is 4.79 Å². The highest BCUT2D eigenvalue weighted by Gasteiger charge is 2.30. The zero-order valence-electron chi connectivity index (χ0n) is 16.2. The van der Waals surface area contributed by atoms with Crippen molar-refractivity contribution in [3.63, 3.8) is 0 Å². The monoisotopic (exact) mass is 451 g/mol. The minimum Gasteiger partial charge on any atom is -0.481 e. The molecule has 0 saturated heterocycles. The maximum atomic E-state index is 12.5. The maximum absolute atomic E-state index is 12.5. The predicted molar refractivity (Wildman–Crippen MR) is 108 cm³/mol. The molecule has 0 radical (unpaired) electrons. The summed E-state index contributed by atoms with van der Waals surface area (Å²) in [5.41, 5.74) is 10.8. The van der Waals surface area contributed by atoms with Gasteiger partial charge in [-0.3, -0.25) is 19.2 Å². The number of carboxylic acids is 2. The number of carbonyl (C=O) groups is 5. The fourth-order valence-corrected chi connectivity index (χ4v) is 2.48. The molecule has 0 aliphatic rings. The lowest BCUT2D eigenvalue weighted by atomic mass is 10.1. The summed E-state index contributed by atoms with van der Waals surface area (Å²) in [6.07, 6.45) is 0.229. The number of unbranched alkanes of at least 4 members (excludes halogenated alkanes) is 1. The highest BCUT2D eigenvalue weighted by atomic mass is 32.1. The third kappa shape index (κ3) is 10.4. The second kappa shape index (κ2) is 14.5. The Labute approximate surface area is 178 Å². The number of hydrogen-bond donors (Lipinski definition) is 9. The predicted octanol–water partition coefficient (Wildman–Crippen LogP) is -3.62. The van der Waals surface area contributed by atoms with Gasteiger partial charge in [0.05, 0.1) is 13.0 Å². The number of nitrogens with one attached hydrogen (secondary N) is 3. The Kier molecular flexibility index (Phi) is 13.4. The molecule has 13 nitrogen and oxygen atoms in total. The molecule has 10 N–H and O–H groups in total. The Bertz CT molecular complexity index is 620. The molecule has 0 rings (SSSR count). The molecule has 0 bridgehead atoms. The Morgan fingerprint density at radius 3 is 1.87 bits per heavy atom. The van der Waals surface area contributed by atoms with E-state index in [0.29, 0.717) is 19.4 Å². The van der Waals surface area contributed by atoms with Crippen molar-refractivity contribution in [1.82, 2.24) is 16.0 Å². The van der Waals surface area contributed by atoms with Gasteiger partial charge in [0.2, 0.25) is 17.7 Å². The fraction of sp³-hybridized carbons (Fsp3) is 0.688. The topological polar surface area (TPSA) is 234 Å². The van der Waals surface area contributed by atoms with Crippen molar-refractivity contribution < 1.29 is 39.3 Å². The van der Waals surface area contributed by atoms with Gasteiger partial charge < -0.3 is 42.7 Å². The summed E-state index contributed by atoms with van der Waals surface area (Å²) >= 11 is 3.85. The zero-order valence-corrected chi connectivity index (χ0v) is 17.1. The number of aliphatic hydroxyl groups excluding tert-OH is 1. The lowest BCUT2D eigenvalue weighted by Gasteiger charge is -2.24. The normalized spacial score (nSPS) is 14.7. The first-order valence-corrected chi connectivity index (χ1v) is 9.73. The van der Waals surface area contributed by atoms with Gasteiger partial charge in [0.1, 0.15) is 24.2 Å². The number of nitrogens with two attached hydrogens (primary N) is 2. The number of thiol groups is 1. The van der Waals surface area contributed by atoms with E-state index in [2.05, 4.69) is 28.6 Å². The lowest BCUT2D eigenvalue weighted by molar-refractivity contribution is -0.143. The molecule has 0 saturated carbocycles. The van der Waals surface area contributed by atoms with Crippen LogP contribution in [0.2, 0.25) is 0 Å². The van der Waals surface area contributed by atoms with E-state index in [4.69, 9.17) is 26.8 Å². The molecule has 172 valence electrons. The van der Waals surface area contributed by atoms with Crippen LogP contribution in [0.1, 0.15) is 25.7 Å². The molecule has 0 aromatic heterocycles. The lowest BCUT2D eigenvalue weighted by Crippen LogP contribution is -2.58. The van der Waals surface area contributed by atoms with Crippen LogP contribution in [0.15, 0.2) is 0 Å². The number of hydrogen-bond acceptors (Lipinski definition) is 9. The van der Waals surface area contributed by atoms with Gasteiger partial charge in [0.15, 0.2) is 0 Å². The van der Waals surface area contributed by atoms with E-state index in [1.807, 2.05) is 0 Å². The SMILES string of the molecule is NCCCCC(NC(=O)C(CC(=O)O)NC(=O)C(N)CO)C(=O)NC(CS)C(=O)O. The first-order chi connectivity index (χ1) is 14.1. The Morgan fingerprint density at radius 1 is 0.867 bits per heavy atom. The molecule has 4 atom stereocenters. The van der Waals surface area contributed by atoms with E-state index >= 15 is 0 Å². The molecule has 0 fully saturated rings. The van der Waals surface area contributed by atoms with Crippen LogP contribution in [0, 0.1) is 0 Å². The average molecular weight is 452 g/mol. The van der Waals surface area contributed by atoms with Gasteiger partial charge in [-0.15, -0.1) is 0 Å². The third-order valence-electron chi connectivity index (χ3n) is 3.92. The minimum absolute atomic E-state index is 0.0948. The molecule has 3 amide bonds. The van der Waals surface area contributed by atoms with E-state index in [1.165, 1.54) is 0 Å². The second-order valence-electron chi connectivity index (χ2n) is 6.38. The van der Waals surface area contributed by atoms with Crippen LogP contribution in [0.5, 0.6) is 0 Å². The van der Waals surface area contributed by atoms with Crippen molar-refractivity contribution in [3.05, 3.63) is 0 Å². The Balaban J connectivity index is 5.38. The minimum atomic E-state index is -1.57. The second-order valence-corrected chi connectivity index (χ2v) is 6.74. The van der Waals surface area contributed by atoms with Crippen LogP contribution in [0.3, 0.4) is 0 Å². The molecule has 0 aromatic carbocycles. The van der Waals surface area contributed by atoms with Crippen LogP contribution in [-0.2, 0) is 24.0 Å². The number of aliphatic hydroxyl groups is 1. The highest BCUT2D eigenvalue weighted by Crippen LogP contribution is 2.04. The van der Waals surface area contributed by atoms with E-state index in [0.717, 1.165) is 0 Å². The molecular formula is C16H29N5O8S. The van der Waals surface area contributed by atoms with Gasteiger partial charge in [0.25, 0.3) is 0 Å². The van der Waals surface area contributed by atoms with Gasteiger partial charge >= 0.3 is 11.9 Å². The Morgan fingerprint density at radius 2 is 1.40 bits per heavy atom. The quantitative estimate of drug-likeness (QED) is 0.0875. The molecule has 0 aliphatic carbocycles. The van der Waals surface area contributed by atoms with Crippen molar-refractivity contribution in [2.75, 3.05) is 18.9 Å². The summed E-state index contributed by atoms with van der Waals surface area (Å²) in [5, 5.41) is 33.6. The van der Waals surface area contributed by atoms with Crippen molar-refractivity contribution >= 4 is 42.3 Å². The summed E-state index contributed by atoms with van der Waals surface area (Å²) in [5.74, 6) is -5.67. The molecule has 0 aromatic rings. The van der Waals surface area contributed by atoms with Crippen molar-refractivity contribution in [2.24, 2.45) is 11.5 Å². The molecule has 0 aliphatic heterocycles. The highest BCUT2D eigenvalue weighted by molar-refractivity contribution is 7.80.